The molecule has 1 saturated heterocycles. The summed E-state index contributed by atoms with van der Waals surface area (Å²) in [4.78, 5) is 0. The van der Waals surface area contributed by atoms with Gasteiger partial charge >= 0.3 is 0 Å². The summed E-state index contributed by atoms with van der Waals surface area (Å²) in [5.41, 5.74) is 2.64. The molecule has 1 aromatic rings. The van der Waals surface area contributed by atoms with Gasteiger partial charge in [-0.25, -0.2) is 0 Å². The minimum Gasteiger partial charge on any atom is -0.381 e. The summed E-state index contributed by atoms with van der Waals surface area (Å²) < 4.78 is 11.7. The van der Waals surface area contributed by atoms with E-state index in [1.165, 1.54) is 24.0 Å². The van der Waals surface area contributed by atoms with Crippen LogP contribution in [0.1, 0.15) is 36.5 Å². The van der Waals surface area contributed by atoms with Crippen molar-refractivity contribution >= 4 is 0 Å². The first-order chi connectivity index (χ1) is 9.83. The van der Waals surface area contributed by atoms with Crippen molar-refractivity contribution in [2.24, 2.45) is 5.92 Å². The summed E-state index contributed by atoms with van der Waals surface area (Å²) in [7, 11) is 0. The van der Waals surface area contributed by atoms with Gasteiger partial charge in [0.15, 0.2) is 0 Å². The van der Waals surface area contributed by atoms with Crippen LogP contribution in [0, 0.1) is 12.8 Å². The minimum atomic E-state index is 0.164. The smallest absolute Gasteiger partial charge is 0.0951 e. The number of rotatable bonds is 7. The van der Waals surface area contributed by atoms with E-state index >= 15 is 0 Å². The third kappa shape index (κ3) is 3.81. The number of hydrogen-bond donors (Lipinski definition) is 1. The van der Waals surface area contributed by atoms with Crippen LogP contribution in [0.4, 0.5) is 0 Å². The van der Waals surface area contributed by atoms with E-state index in [4.69, 9.17) is 9.47 Å². The molecule has 1 aliphatic heterocycles. The fourth-order valence-electron chi connectivity index (χ4n) is 2.73. The Hall–Kier alpha value is -0.900. The maximum absolute atomic E-state index is 6.23. The Kier molecular flexibility index (Phi) is 4.71. The van der Waals surface area contributed by atoms with Crippen molar-refractivity contribution in [3.8, 4) is 0 Å². The van der Waals surface area contributed by atoms with Gasteiger partial charge in [-0.15, -0.1) is 0 Å². The molecule has 0 spiro atoms. The summed E-state index contributed by atoms with van der Waals surface area (Å²) in [6.07, 6.45) is 3.93. The predicted octanol–water partition coefficient (Wildman–Crippen LogP) is 2.84. The minimum absolute atomic E-state index is 0.164. The second kappa shape index (κ2) is 6.70. The summed E-state index contributed by atoms with van der Waals surface area (Å²) in [6, 6.07) is 9.28. The third-order valence-corrected chi connectivity index (χ3v) is 4.26. The van der Waals surface area contributed by atoms with Gasteiger partial charge in [0.25, 0.3) is 0 Å². The van der Waals surface area contributed by atoms with Gasteiger partial charge < -0.3 is 14.8 Å². The van der Waals surface area contributed by atoms with Crippen molar-refractivity contribution in [3.63, 3.8) is 0 Å². The Morgan fingerprint density at radius 3 is 2.85 bits per heavy atom. The molecule has 0 bridgehead atoms. The van der Waals surface area contributed by atoms with Gasteiger partial charge in [-0.05, 0) is 37.3 Å². The average molecular weight is 275 g/mol. The van der Waals surface area contributed by atoms with E-state index < -0.39 is 0 Å². The van der Waals surface area contributed by atoms with Gasteiger partial charge in [0.2, 0.25) is 0 Å². The van der Waals surface area contributed by atoms with E-state index in [9.17, 15) is 0 Å². The largest absolute Gasteiger partial charge is 0.381 e. The molecule has 1 heterocycles. The SMILES string of the molecule is Cc1ccccc1C(CNC1CC1)OCC1CCOC1. The van der Waals surface area contributed by atoms with E-state index in [0.717, 1.165) is 38.8 Å². The van der Waals surface area contributed by atoms with Crippen LogP contribution in [0.25, 0.3) is 0 Å². The van der Waals surface area contributed by atoms with E-state index in [1.807, 2.05) is 0 Å². The van der Waals surface area contributed by atoms with Crippen molar-refractivity contribution in [1.82, 2.24) is 5.32 Å². The summed E-state index contributed by atoms with van der Waals surface area (Å²) in [6.45, 7) is 5.65. The van der Waals surface area contributed by atoms with Crippen molar-refractivity contribution in [3.05, 3.63) is 35.4 Å². The first kappa shape index (κ1) is 14.1. The monoisotopic (exact) mass is 275 g/mol. The first-order valence-electron chi connectivity index (χ1n) is 7.81. The molecule has 0 radical (unpaired) electrons. The van der Waals surface area contributed by atoms with E-state index in [2.05, 4.69) is 36.5 Å². The molecule has 3 nitrogen and oxygen atoms in total. The first-order valence-corrected chi connectivity index (χ1v) is 7.81. The Morgan fingerprint density at radius 2 is 2.15 bits per heavy atom. The van der Waals surface area contributed by atoms with Crippen LogP contribution in [0.15, 0.2) is 24.3 Å². The lowest BCUT2D eigenvalue weighted by Crippen LogP contribution is -2.27. The molecule has 1 saturated carbocycles. The highest BCUT2D eigenvalue weighted by Gasteiger charge is 2.24. The summed E-state index contributed by atoms with van der Waals surface area (Å²) >= 11 is 0. The number of nitrogens with one attached hydrogen (secondary N) is 1. The van der Waals surface area contributed by atoms with Crippen LogP contribution < -0.4 is 5.32 Å². The van der Waals surface area contributed by atoms with Crippen LogP contribution >= 0.6 is 0 Å². The molecular formula is C17H25NO2. The topological polar surface area (TPSA) is 30.5 Å². The molecule has 20 heavy (non-hydrogen) atoms. The van der Waals surface area contributed by atoms with Crippen molar-refractivity contribution in [2.45, 2.75) is 38.3 Å². The van der Waals surface area contributed by atoms with Gasteiger partial charge in [0.05, 0.1) is 19.3 Å². The lowest BCUT2D eigenvalue weighted by Gasteiger charge is -2.22. The molecule has 0 aromatic heterocycles. The average Bonchev–Trinajstić information content (AvgIpc) is 3.14. The lowest BCUT2D eigenvalue weighted by molar-refractivity contribution is 0.0248. The van der Waals surface area contributed by atoms with Crippen LogP contribution in [0.3, 0.4) is 0 Å². The van der Waals surface area contributed by atoms with Gasteiger partial charge in [-0.1, -0.05) is 24.3 Å². The molecule has 1 N–H and O–H groups in total. The van der Waals surface area contributed by atoms with Gasteiger partial charge in [-0.2, -0.15) is 0 Å². The molecule has 2 unspecified atom stereocenters. The zero-order valence-electron chi connectivity index (χ0n) is 12.3. The van der Waals surface area contributed by atoms with Gasteiger partial charge in [0.1, 0.15) is 0 Å². The zero-order valence-corrected chi connectivity index (χ0v) is 12.3. The third-order valence-electron chi connectivity index (χ3n) is 4.26. The molecule has 2 atom stereocenters. The molecule has 110 valence electrons. The van der Waals surface area contributed by atoms with Crippen molar-refractivity contribution < 1.29 is 9.47 Å². The van der Waals surface area contributed by atoms with Crippen molar-refractivity contribution in [1.29, 1.82) is 0 Å². The Labute approximate surface area is 121 Å². The highest BCUT2D eigenvalue weighted by molar-refractivity contribution is 5.28. The number of aryl methyl sites for hydroxylation is 1. The van der Waals surface area contributed by atoms with Gasteiger partial charge in [-0.3, -0.25) is 0 Å². The number of hydrogen-bond acceptors (Lipinski definition) is 3. The standard InChI is InChI=1S/C17H25NO2/c1-13-4-2-3-5-16(13)17(10-18-15-6-7-15)20-12-14-8-9-19-11-14/h2-5,14-15,17-18H,6-12H2,1H3. The highest BCUT2D eigenvalue weighted by Crippen LogP contribution is 2.25. The molecular weight excluding hydrogens is 250 g/mol. The quantitative estimate of drug-likeness (QED) is 0.830. The number of benzene rings is 1. The fraction of sp³-hybridized carbons (Fsp3) is 0.647. The van der Waals surface area contributed by atoms with E-state index in [0.29, 0.717) is 5.92 Å². The van der Waals surface area contributed by atoms with Crippen molar-refractivity contribution in [2.75, 3.05) is 26.4 Å². The normalized spacial score (nSPS) is 23.9. The summed E-state index contributed by atoms with van der Waals surface area (Å²) in [5, 5.41) is 3.60. The number of ether oxygens (including phenoxy) is 2. The molecule has 3 rings (SSSR count). The van der Waals surface area contributed by atoms with Crippen LogP contribution in [0.2, 0.25) is 0 Å². The molecule has 1 aliphatic carbocycles. The second-order valence-electron chi connectivity index (χ2n) is 6.09. The van der Waals surface area contributed by atoms with Gasteiger partial charge in [0, 0.05) is 25.1 Å². The maximum atomic E-state index is 6.23. The van der Waals surface area contributed by atoms with Crippen LogP contribution in [-0.4, -0.2) is 32.4 Å². The molecule has 3 heteroatoms. The van der Waals surface area contributed by atoms with E-state index in [-0.39, 0.29) is 6.10 Å². The summed E-state index contributed by atoms with van der Waals surface area (Å²) in [5.74, 6) is 0.572. The zero-order chi connectivity index (χ0) is 13.8. The second-order valence-corrected chi connectivity index (χ2v) is 6.09. The molecule has 1 aromatic carbocycles. The predicted molar refractivity (Wildman–Crippen MR) is 79.8 cm³/mol. The fourth-order valence-corrected chi connectivity index (χ4v) is 2.73. The highest BCUT2D eigenvalue weighted by atomic mass is 16.5. The molecule has 2 aliphatic rings. The molecule has 0 amide bonds. The molecule has 2 fully saturated rings. The Morgan fingerprint density at radius 1 is 1.30 bits per heavy atom. The van der Waals surface area contributed by atoms with Crippen LogP contribution in [-0.2, 0) is 9.47 Å². The van der Waals surface area contributed by atoms with Crippen LogP contribution in [0.5, 0.6) is 0 Å². The Balaban J connectivity index is 1.60. The van der Waals surface area contributed by atoms with E-state index in [1.54, 1.807) is 0 Å². The lowest BCUT2D eigenvalue weighted by atomic mass is 10.0. The Bertz CT molecular complexity index is 425. The maximum Gasteiger partial charge on any atom is 0.0951 e.